The van der Waals surface area contributed by atoms with Crippen LogP contribution in [0.3, 0.4) is 0 Å². The number of nitrogens with zero attached hydrogens (tertiary/aromatic N) is 2. The predicted molar refractivity (Wildman–Crippen MR) is 71.3 cm³/mol. The summed E-state index contributed by atoms with van der Waals surface area (Å²) in [6, 6.07) is 8.94. The molecule has 0 spiro atoms. The van der Waals surface area contributed by atoms with Crippen molar-refractivity contribution in [2.24, 2.45) is 0 Å². The van der Waals surface area contributed by atoms with E-state index in [4.69, 9.17) is 5.26 Å². The second kappa shape index (κ2) is 6.92. The highest BCUT2D eigenvalue weighted by atomic mass is 32.2. The van der Waals surface area contributed by atoms with E-state index in [0.717, 1.165) is 0 Å². The van der Waals surface area contributed by atoms with Gasteiger partial charge in [-0.25, -0.2) is 0 Å². The fraction of sp³-hybridized carbons (Fsp3) is 0.385. The fourth-order valence-corrected chi connectivity index (χ4v) is 2.44. The maximum atomic E-state index is 12.0. The molecule has 0 saturated carbocycles. The highest BCUT2D eigenvalue weighted by Crippen LogP contribution is 2.31. The molecule has 0 aliphatic carbocycles. The molecule has 1 N–H and O–H groups in total. The van der Waals surface area contributed by atoms with Crippen LogP contribution in [0.5, 0.6) is 5.75 Å². The number of phenolic OH excluding ortho intramolecular Hbond substituents is 1. The average Bonchev–Trinajstić information content (AvgIpc) is 2.37. The van der Waals surface area contributed by atoms with E-state index < -0.39 is 0 Å². The van der Waals surface area contributed by atoms with Gasteiger partial charge in [0.15, 0.2) is 0 Å². The zero-order chi connectivity index (χ0) is 13.5. The van der Waals surface area contributed by atoms with Gasteiger partial charge < -0.3 is 10.0 Å². The van der Waals surface area contributed by atoms with Gasteiger partial charge in [-0.05, 0) is 19.1 Å². The molecule has 4 nitrogen and oxygen atoms in total. The first-order chi connectivity index (χ1) is 8.56. The van der Waals surface area contributed by atoms with Crippen molar-refractivity contribution in [3.05, 3.63) is 24.3 Å². The van der Waals surface area contributed by atoms with E-state index in [1.54, 1.807) is 37.1 Å². The summed E-state index contributed by atoms with van der Waals surface area (Å²) < 4.78 is 0. The first-order valence-electron chi connectivity index (χ1n) is 5.63. The third kappa shape index (κ3) is 3.97. The van der Waals surface area contributed by atoms with Gasteiger partial charge in [-0.3, -0.25) is 4.79 Å². The molecule has 18 heavy (non-hydrogen) atoms. The number of aromatic hydroxyl groups is 1. The zero-order valence-electron chi connectivity index (χ0n) is 10.5. The van der Waals surface area contributed by atoms with Gasteiger partial charge in [-0.1, -0.05) is 12.1 Å². The highest BCUT2D eigenvalue weighted by Gasteiger charge is 2.19. The minimum absolute atomic E-state index is 0.0431. The average molecular weight is 264 g/mol. The smallest absolute Gasteiger partial charge is 0.235 e. The van der Waals surface area contributed by atoms with Crippen molar-refractivity contribution in [3.63, 3.8) is 0 Å². The number of para-hydroxylation sites is 1. The Morgan fingerprint density at radius 2 is 2.22 bits per heavy atom. The minimum Gasteiger partial charge on any atom is -0.507 e. The molecule has 1 rings (SSSR count). The summed E-state index contributed by atoms with van der Waals surface area (Å²) in [7, 11) is 1.68. The zero-order valence-corrected chi connectivity index (χ0v) is 11.3. The van der Waals surface area contributed by atoms with Crippen LogP contribution in [0.15, 0.2) is 29.2 Å². The van der Waals surface area contributed by atoms with Crippen LogP contribution in [0.4, 0.5) is 0 Å². The van der Waals surface area contributed by atoms with Crippen molar-refractivity contribution in [2.45, 2.75) is 23.5 Å². The quantitative estimate of drug-likeness (QED) is 0.828. The fourth-order valence-electron chi connectivity index (χ4n) is 1.44. The molecule has 0 radical (unpaired) electrons. The number of phenols is 1. The van der Waals surface area contributed by atoms with E-state index in [9.17, 15) is 9.90 Å². The van der Waals surface area contributed by atoms with Crippen molar-refractivity contribution in [2.75, 3.05) is 13.6 Å². The number of nitriles is 1. The Kier molecular flexibility index (Phi) is 5.53. The molecular weight excluding hydrogens is 248 g/mol. The second-order valence-electron chi connectivity index (χ2n) is 3.90. The number of benzene rings is 1. The molecule has 0 unspecified atom stereocenters. The summed E-state index contributed by atoms with van der Waals surface area (Å²) in [6.07, 6.45) is 0.330. The van der Waals surface area contributed by atoms with Gasteiger partial charge >= 0.3 is 0 Å². The first-order valence-corrected chi connectivity index (χ1v) is 6.50. The summed E-state index contributed by atoms with van der Waals surface area (Å²) in [4.78, 5) is 14.2. The maximum Gasteiger partial charge on any atom is 0.235 e. The van der Waals surface area contributed by atoms with E-state index >= 15 is 0 Å². The van der Waals surface area contributed by atoms with Crippen LogP contribution in [0.1, 0.15) is 13.3 Å². The molecule has 0 saturated heterocycles. The van der Waals surface area contributed by atoms with Gasteiger partial charge in [0.25, 0.3) is 0 Å². The summed E-state index contributed by atoms with van der Waals surface area (Å²) in [5, 5.41) is 17.8. The molecule has 0 bridgehead atoms. The molecule has 1 aromatic carbocycles. The van der Waals surface area contributed by atoms with Crippen LogP contribution in [-0.4, -0.2) is 34.8 Å². The van der Waals surface area contributed by atoms with Crippen LogP contribution in [0.25, 0.3) is 0 Å². The number of carbonyl (C=O) groups is 1. The van der Waals surface area contributed by atoms with Crippen LogP contribution in [0, 0.1) is 11.3 Å². The Morgan fingerprint density at radius 3 is 2.83 bits per heavy atom. The number of hydrogen-bond acceptors (Lipinski definition) is 4. The van der Waals surface area contributed by atoms with Crippen molar-refractivity contribution >= 4 is 17.7 Å². The number of rotatable bonds is 5. The molecule has 0 aliphatic heterocycles. The van der Waals surface area contributed by atoms with E-state index in [-0.39, 0.29) is 16.9 Å². The monoisotopic (exact) mass is 264 g/mol. The molecule has 1 aromatic rings. The Morgan fingerprint density at radius 1 is 1.56 bits per heavy atom. The minimum atomic E-state index is -0.290. The Balaban J connectivity index is 2.60. The predicted octanol–water partition coefficient (Wildman–Crippen LogP) is 2.24. The molecule has 1 amide bonds. The van der Waals surface area contributed by atoms with Gasteiger partial charge in [0.05, 0.1) is 17.7 Å². The SMILES string of the molecule is C[C@@H](Sc1ccccc1O)C(=O)N(C)CCC#N. The Labute approximate surface area is 111 Å². The van der Waals surface area contributed by atoms with Crippen molar-refractivity contribution in [1.29, 1.82) is 5.26 Å². The number of thioether (sulfide) groups is 1. The molecule has 1 atom stereocenters. The third-order valence-corrected chi connectivity index (χ3v) is 3.61. The van der Waals surface area contributed by atoms with Gasteiger partial charge in [0.2, 0.25) is 5.91 Å². The number of amides is 1. The summed E-state index contributed by atoms with van der Waals surface area (Å²) in [6.45, 7) is 2.23. The Hall–Kier alpha value is -1.67. The molecule has 0 aliphatic rings. The lowest BCUT2D eigenvalue weighted by Crippen LogP contribution is -2.33. The highest BCUT2D eigenvalue weighted by molar-refractivity contribution is 8.00. The van der Waals surface area contributed by atoms with Gasteiger partial charge in [-0.15, -0.1) is 11.8 Å². The van der Waals surface area contributed by atoms with Crippen molar-refractivity contribution < 1.29 is 9.90 Å². The standard InChI is InChI=1S/C13H16N2O2S/c1-10(13(17)15(2)9-5-8-14)18-12-7-4-3-6-11(12)16/h3-4,6-7,10,16H,5,9H2,1-2H3/t10-/m1/s1. The molecule has 5 heteroatoms. The largest absolute Gasteiger partial charge is 0.507 e. The Bertz CT molecular complexity index is 457. The molecular formula is C13H16N2O2S. The maximum absolute atomic E-state index is 12.0. The van der Waals surface area contributed by atoms with E-state index in [0.29, 0.717) is 17.9 Å². The lowest BCUT2D eigenvalue weighted by molar-refractivity contribution is -0.128. The molecule has 0 fully saturated rings. The van der Waals surface area contributed by atoms with Crippen LogP contribution >= 0.6 is 11.8 Å². The van der Waals surface area contributed by atoms with Crippen molar-refractivity contribution in [1.82, 2.24) is 4.90 Å². The van der Waals surface area contributed by atoms with E-state index in [1.807, 2.05) is 12.1 Å². The van der Waals surface area contributed by atoms with Gasteiger partial charge in [0, 0.05) is 18.5 Å². The second-order valence-corrected chi connectivity index (χ2v) is 5.28. The lowest BCUT2D eigenvalue weighted by atomic mass is 10.3. The lowest BCUT2D eigenvalue weighted by Gasteiger charge is -2.20. The van der Waals surface area contributed by atoms with Gasteiger partial charge in [0.1, 0.15) is 5.75 Å². The van der Waals surface area contributed by atoms with E-state index in [1.165, 1.54) is 11.8 Å². The molecule has 0 aromatic heterocycles. The summed E-state index contributed by atoms with van der Waals surface area (Å²) in [5.74, 6) is 0.139. The van der Waals surface area contributed by atoms with Crippen molar-refractivity contribution in [3.8, 4) is 11.8 Å². The van der Waals surface area contributed by atoms with Crippen LogP contribution in [0.2, 0.25) is 0 Å². The summed E-state index contributed by atoms with van der Waals surface area (Å²) in [5.41, 5.74) is 0. The van der Waals surface area contributed by atoms with Crippen LogP contribution in [-0.2, 0) is 4.79 Å². The van der Waals surface area contributed by atoms with Crippen LogP contribution < -0.4 is 0 Å². The number of hydrogen-bond donors (Lipinski definition) is 1. The first kappa shape index (κ1) is 14.4. The van der Waals surface area contributed by atoms with E-state index in [2.05, 4.69) is 0 Å². The third-order valence-electron chi connectivity index (χ3n) is 2.45. The molecule has 0 heterocycles. The number of carbonyl (C=O) groups excluding carboxylic acids is 1. The molecule has 96 valence electrons. The summed E-state index contributed by atoms with van der Waals surface area (Å²) >= 11 is 1.32. The topological polar surface area (TPSA) is 64.3 Å². The van der Waals surface area contributed by atoms with Gasteiger partial charge in [-0.2, -0.15) is 5.26 Å². The normalized spacial score (nSPS) is 11.6.